The third-order valence-corrected chi connectivity index (χ3v) is 5.10. The number of rotatable bonds is 4. The Balaban J connectivity index is 1.80. The Morgan fingerprint density at radius 2 is 2.00 bits per heavy atom. The zero-order valence-corrected chi connectivity index (χ0v) is 15.6. The summed E-state index contributed by atoms with van der Waals surface area (Å²) < 4.78 is 0. The summed E-state index contributed by atoms with van der Waals surface area (Å²) in [5, 5.41) is 19.3. The van der Waals surface area contributed by atoms with Gasteiger partial charge in [-0.2, -0.15) is 16.6 Å². The smallest absolute Gasteiger partial charge is 0.266 e. The number of benzene rings is 1. The quantitative estimate of drug-likeness (QED) is 0.445. The number of thiazole rings is 1. The zero-order chi connectivity index (χ0) is 17.8. The van der Waals surface area contributed by atoms with Crippen LogP contribution >= 0.6 is 45.9 Å². The number of amides is 1. The molecule has 0 aliphatic heterocycles. The maximum absolute atomic E-state index is 12.3. The van der Waals surface area contributed by atoms with Crippen molar-refractivity contribution < 1.29 is 4.79 Å². The van der Waals surface area contributed by atoms with Crippen molar-refractivity contribution in [1.82, 2.24) is 4.98 Å². The van der Waals surface area contributed by atoms with Crippen molar-refractivity contribution in [2.45, 2.75) is 0 Å². The van der Waals surface area contributed by atoms with E-state index in [9.17, 15) is 10.1 Å². The summed E-state index contributed by atoms with van der Waals surface area (Å²) in [6.45, 7) is 0. The Morgan fingerprint density at radius 1 is 1.24 bits per heavy atom. The van der Waals surface area contributed by atoms with Crippen LogP contribution in [0.3, 0.4) is 0 Å². The van der Waals surface area contributed by atoms with Crippen LogP contribution in [0.4, 0.5) is 5.69 Å². The highest BCUT2D eigenvalue weighted by Gasteiger charge is 2.12. The van der Waals surface area contributed by atoms with Crippen LogP contribution < -0.4 is 5.32 Å². The van der Waals surface area contributed by atoms with E-state index in [2.05, 4.69) is 10.3 Å². The summed E-state index contributed by atoms with van der Waals surface area (Å²) in [7, 11) is 0. The molecule has 0 saturated carbocycles. The molecule has 1 aromatic carbocycles. The Hall–Kier alpha value is -2.17. The van der Waals surface area contributed by atoms with Gasteiger partial charge in [-0.3, -0.25) is 4.79 Å². The van der Waals surface area contributed by atoms with Gasteiger partial charge in [-0.05, 0) is 35.7 Å². The van der Waals surface area contributed by atoms with Crippen LogP contribution in [0.5, 0.6) is 0 Å². The van der Waals surface area contributed by atoms with E-state index >= 15 is 0 Å². The molecule has 2 heterocycles. The second kappa shape index (κ2) is 7.81. The fourth-order valence-electron chi connectivity index (χ4n) is 1.99. The molecule has 1 amide bonds. The first-order chi connectivity index (χ1) is 12.0. The molecule has 3 rings (SSSR count). The molecule has 0 aliphatic rings. The molecule has 2 aromatic heterocycles. The molecule has 0 atom stereocenters. The molecule has 0 spiro atoms. The first kappa shape index (κ1) is 17.6. The minimum Gasteiger partial charge on any atom is -0.321 e. The normalized spacial score (nSPS) is 11.2. The molecule has 4 nitrogen and oxygen atoms in total. The molecular formula is C17H9Cl2N3OS2. The highest BCUT2D eigenvalue weighted by Crippen LogP contribution is 2.27. The van der Waals surface area contributed by atoms with Crippen LogP contribution in [0.1, 0.15) is 5.69 Å². The van der Waals surface area contributed by atoms with Crippen molar-refractivity contribution in [3.8, 4) is 16.6 Å². The van der Waals surface area contributed by atoms with Crippen molar-refractivity contribution >= 4 is 63.5 Å². The molecule has 25 heavy (non-hydrogen) atoms. The van der Waals surface area contributed by atoms with Gasteiger partial charge in [0.15, 0.2) is 0 Å². The third kappa shape index (κ3) is 4.47. The first-order valence-electron chi connectivity index (χ1n) is 6.92. The number of nitrogens with zero attached hydrogens (tertiary/aromatic N) is 2. The fraction of sp³-hybridized carbons (Fsp3) is 0. The van der Waals surface area contributed by atoms with Gasteiger partial charge < -0.3 is 5.32 Å². The number of aromatic nitrogens is 1. The molecule has 0 unspecified atom stereocenters. The van der Waals surface area contributed by atoms with E-state index in [1.165, 1.54) is 17.4 Å². The highest BCUT2D eigenvalue weighted by atomic mass is 35.5. The Morgan fingerprint density at radius 3 is 2.64 bits per heavy atom. The van der Waals surface area contributed by atoms with Gasteiger partial charge in [0.1, 0.15) is 16.6 Å². The number of hydrogen-bond donors (Lipinski definition) is 1. The van der Waals surface area contributed by atoms with Gasteiger partial charge in [0.25, 0.3) is 5.91 Å². The number of anilines is 1. The molecule has 1 N–H and O–H groups in total. The summed E-state index contributed by atoms with van der Waals surface area (Å²) in [4.78, 5) is 16.7. The monoisotopic (exact) mass is 405 g/mol. The van der Waals surface area contributed by atoms with E-state index in [-0.39, 0.29) is 5.57 Å². The van der Waals surface area contributed by atoms with Crippen molar-refractivity contribution in [2.75, 3.05) is 5.32 Å². The van der Waals surface area contributed by atoms with Crippen LogP contribution in [-0.4, -0.2) is 10.9 Å². The topological polar surface area (TPSA) is 65.8 Å². The molecule has 0 aliphatic carbocycles. The Labute approximate surface area is 162 Å². The van der Waals surface area contributed by atoms with Crippen molar-refractivity contribution in [1.29, 1.82) is 5.26 Å². The molecule has 0 bridgehead atoms. The fourth-order valence-corrected chi connectivity index (χ4v) is 4.01. The van der Waals surface area contributed by atoms with Crippen LogP contribution in [-0.2, 0) is 4.79 Å². The number of hydrogen-bond acceptors (Lipinski definition) is 5. The lowest BCUT2D eigenvalue weighted by Crippen LogP contribution is -2.13. The highest BCUT2D eigenvalue weighted by molar-refractivity contribution is 7.14. The van der Waals surface area contributed by atoms with Crippen molar-refractivity contribution in [3.05, 3.63) is 61.7 Å². The molecule has 0 fully saturated rings. The van der Waals surface area contributed by atoms with Crippen LogP contribution in [0, 0.1) is 11.3 Å². The zero-order valence-electron chi connectivity index (χ0n) is 12.5. The standard InChI is InChI=1S/C17H9Cl2N3OS2/c18-12-4-13(19)6-14(5-12)21-16(23)11(7-20)3-15-9-25-17(22-15)10-1-2-24-8-10/h1-6,8-9H,(H,21,23)/b11-3-. The predicted molar refractivity (Wildman–Crippen MR) is 104 cm³/mol. The van der Waals surface area contributed by atoms with Crippen LogP contribution in [0.15, 0.2) is 46.0 Å². The van der Waals surface area contributed by atoms with E-state index < -0.39 is 5.91 Å². The second-order valence-corrected chi connectivity index (χ2v) is 7.38. The number of nitrogens with one attached hydrogen (secondary N) is 1. The van der Waals surface area contributed by atoms with E-state index in [0.29, 0.717) is 21.4 Å². The van der Waals surface area contributed by atoms with E-state index in [0.717, 1.165) is 10.6 Å². The number of thiophene rings is 1. The largest absolute Gasteiger partial charge is 0.321 e. The molecular weight excluding hydrogens is 397 g/mol. The van der Waals surface area contributed by atoms with Gasteiger partial charge in [0.05, 0.1) is 5.69 Å². The molecule has 3 aromatic rings. The van der Waals surface area contributed by atoms with Crippen LogP contribution in [0.25, 0.3) is 16.6 Å². The molecule has 124 valence electrons. The number of halogens is 2. The lowest BCUT2D eigenvalue weighted by molar-refractivity contribution is -0.112. The van der Waals surface area contributed by atoms with Crippen molar-refractivity contribution in [2.24, 2.45) is 0 Å². The average molecular weight is 406 g/mol. The summed E-state index contributed by atoms with van der Waals surface area (Å²) >= 11 is 14.8. The van der Waals surface area contributed by atoms with Gasteiger partial charge in [-0.1, -0.05) is 23.2 Å². The van der Waals surface area contributed by atoms with Gasteiger partial charge in [0.2, 0.25) is 0 Å². The maximum Gasteiger partial charge on any atom is 0.266 e. The van der Waals surface area contributed by atoms with Gasteiger partial charge in [-0.25, -0.2) is 4.98 Å². The first-order valence-corrected chi connectivity index (χ1v) is 9.50. The Bertz CT molecular complexity index is 967. The summed E-state index contributed by atoms with van der Waals surface area (Å²) in [6, 6.07) is 8.53. The lowest BCUT2D eigenvalue weighted by atomic mass is 10.2. The number of carbonyl (C=O) groups is 1. The summed E-state index contributed by atoms with van der Waals surface area (Å²) in [5.41, 5.74) is 1.94. The second-order valence-electron chi connectivity index (χ2n) is 4.87. The molecule has 8 heteroatoms. The predicted octanol–water partition coefficient (Wildman–Crippen LogP) is 5.72. The van der Waals surface area contributed by atoms with E-state index in [1.807, 2.05) is 22.9 Å². The van der Waals surface area contributed by atoms with E-state index in [1.54, 1.807) is 34.9 Å². The molecule has 0 saturated heterocycles. The average Bonchev–Trinajstić information content (AvgIpc) is 3.22. The molecule has 0 radical (unpaired) electrons. The minimum absolute atomic E-state index is 0.0572. The van der Waals surface area contributed by atoms with Gasteiger partial charge in [-0.15, -0.1) is 11.3 Å². The number of carbonyl (C=O) groups excluding carboxylic acids is 1. The SMILES string of the molecule is N#C/C(=C/c1csc(-c2ccsc2)n1)C(=O)Nc1cc(Cl)cc(Cl)c1. The minimum atomic E-state index is -0.550. The number of nitriles is 1. The third-order valence-electron chi connectivity index (χ3n) is 3.07. The summed E-state index contributed by atoms with van der Waals surface area (Å²) in [6.07, 6.45) is 1.45. The van der Waals surface area contributed by atoms with Crippen LogP contribution in [0.2, 0.25) is 10.0 Å². The van der Waals surface area contributed by atoms with Crippen molar-refractivity contribution in [3.63, 3.8) is 0 Å². The van der Waals surface area contributed by atoms with E-state index in [4.69, 9.17) is 23.2 Å². The Kier molecular flexibility index (Phi) is 5.51. The lowest BCUT2D eigenvalue weighted by Gasteiger charge is -2.05. The van der Waals surface area contributed by atoms with Gasteiger partial charge >= 0.3 is 0 Å². The summed E-state index contributed by atoms with van der Waals surface area (Å²) in [5.74, 6) is -0.550. The maximum atomic E-state index is 12.3. The van der Waals surface area contributed by atoms with Gasteiger partial charge in [0, 0.05) is 32.1 Å².